The summed E-state index contributed by atoms with van der Waals surface area (Å²) in [5.74, 6) is 0.558. The van der Waals surface area contributed by atoms with Crippen LogP contribution in [0.2, 0.25) is 0 Å². The van der Waals surface area contributed by atoms with Gasteiger partial charge in [0, 0.05) is 29.2 Å². The van der Waals surface area contributed by atoms with Crippen molar-refractivity contribution in [2.75, 3.05) is 18.9 Å². The number of urea groups is 1. The Balaban J connectivity index is 1.66. The number of hydrogen-bond acceptors (Lipinski definition) is 3. The average Bonchev–Trinajstić information content (AvgIpc) is 3.17. The van der Waals surface area contributed by atoms with Crippen molar-refractivity contribution in [3.05, 3.63) is 36.7 Å². The topological polar surface area (TPSA) is 66.0 Å². The van der Waals surface area contributed by atoms with Gasteiger partial charge in [0.05, 0.1) is 5.69 Å². The van der Waals surface area contributed by atoms with Crippen LogP contribution in [-0.4, -0.2) is 30.6 Å². The molecule has 104 valence electrons. The van der Waals surface area contributed by atoms with Crippen LogP contribution in [-0.2, 0) is 0 Å². The Morgan fingerprint density at radius 2 is 2.30 bits per heavy atom. The van der Waals surface area contributed by atoms with Gasteiger partial charge in [0.25, 0.3) is 0 Å². The first-order valence-electron chi connectivity index (χ1n) is 6.83. The van der Waals surface area contributed by atoms with Crippen LogP contribution in [0.5, 0.6) is 0 Å². The summed E-state index contributed by atoms with van der Waals surface area (Å²) < 4.78 is 0. The molecule has 0 bridgehead atoms. The van der Waals surface area contributed by atoms with Gasteiger partial charge in [0.1, 0.15) is 0 Å². The quantitative estimate of drug-likeness (QED) is 0.795. The highest BCUT2D eigenvalue weighted by Gasteiger charge is 2.37. The lowest BCUT2D eigenvalue weighted by atomic mass is 10.1. The Kier molecular flexibility index (Phi) is 3.52. The maximum absolute atomic E-state index is 12.0. The molecule has 0 radical (unpaired) electrons. The van der Waals surface area contributed by atoms with Crippen molar-refractivity contribution in [3.8, 4) is 0 Å². The number of pyridine rings is 1. The van der Waals surface area contributed by atoms with Crippen LogP contribution in [0.1, 0.15) is 6.42 Å². The SMILES string of the molecule is CNC[C@@H]1C[C@H]1NC(=O)Nc1cccc2cnccc12. The molecule has 5 heteroatoms. The van der Waals surface area contributed by atoms with E-state index in [0.717, 1.165) is 29.4 Å². The van der Waals surface area contributed by atoms with Crippen LogP contribution >= 0.6 is 0 Å². The van der Waals surface area contributed by atoms with Crippen molar-refractivity contribution in [1.29, 1.82) is 0 Å². The van der Waals surface area contributed by atoms with Gasteiger partial charge in [-0.15, -0.1) is 0 Å². The molecule has 1 aromatic heterocycles. The number of hydrogen-bond donors (Lipinski definition) is 3. The molecule has 1 saturated carbocycles. The van der Waals surface area contributed by atoms with E-state index in [1.165, 1.54) is 0 Å². The van der Waals surface area contributed by atoms with Crippen LogP contribution in [0.15, 0.2) is 36.7 Å². The predicted molar refractivity (Wildman–Crippen MR) is 79.7 cm³/mol. The lowest BCUT2D eigenvalue weighted by molar-refractivity contribution is 0.251. The van der Waals surface area contributed by atoms with E-state index in [0.29, 0.717) is 12.0 Å². The van der Waals surface area contributed by atoms with Crippen LogP contribution in [0.25, 0.3) is 10.8 Å². The zero-order valence-corrected chi connectivity index (χ0v) is 11.4. The van der Waals surface area contributed by atoms with Crippen LogP contribution in [0.4, 0.5) is 10.5 Å². The van der Waals surface area contributed by atoms with E-state index in [-0.39, 0.29) is 6.03 Å². The molecule has 20 heavy (non-hydrogen) atoms. The molecule has 1 fully saturated rings. The molecule has 0 spiro atoms. The molecule has 0 saturated heterocycles. The van der Waals surface area contributed by atoms with Crippen molar-refractivity contribution < 1.29 is 4.79 Å². The fourth-order valence-corrected chi connectivity index (χ4v) is 2.47. The monoisotopic (exact) mass is 270 g/mol. The van der Waals surface area contributed by atoms with Gasteiger partial charge in [-0.05, 0) is 38.1 Å². The van der Waals surface area contributed by atoms with E-state index in [1.807, 2.05) is 31.3 Å². The van der Waals surface area contributed by atoms with Crippen molar-refractivity contribution in [2.24, 2.45) is 5.92 Å². The number of rotatable bonds is 4. The fourth-order valence-electron chi connectivity index (χ4n) is 2.47. The summed E-state index contributed by atoms with van der Waals surface area (Å²) in [6, 6.07) is 7.86. The fraction of sp³-hybridized carbons (Fsp3) is 0.333. The number of nitrogens with zero attached hydrogens (tertiary/aromatic N) is 1. The first-order chi connectivity index (χ1) is 9.78. The first kappa shape index (κ1) is 12.9. The van der Waals surface area contributed by atoms with Gasteiger partial charge in [-0.1, -0.05) is 12.1 Å². The predicted octanol–water partition coefficient (Wildman–Crippen LogP) is 1.96. The number of amides is 2. The molecular weight excluding hydrogens is 252 g/mol. The van der Waals surface area contributed by atoms with Gasteiger partial charge in [0.15, 0.2) is 0 Å². The van der Waals surface area contributed by atoms with Crippen molar-refractivity contribution in [2.45, 2.75) is 12.5 Å². The molecule has 3 rings (SSSR count). The van der Waals surface area contributed by atoms with Crippen molar-refractivity contribution in [3.63, 3.8) is 0 Å². The van der Waals surface area contributed by atoms with Gasteiger partial charge in [-0.25, -0.2) is 4.79 Å². The van der Waals surface area contributed by atoms with Gasteiger partial charge in [-0.2, -0.15) is 0 Å². The van der Waals surface area contributed by atoms with E-state index in [1.54, 1.807) is 12.4 Å². The second-order valence-electron chi connectivity index (χ2n) is 5.16. The van der Waals surface area contributed by atoms with E-state index >= 15 is 0 Å². The smallest absolute Gasteiger partial charge is 0.319 e. The molecule has 0 aliphatic heterocycles. The summed E-state index contributed by atoms with van der Waals surface area (Å²) in [6.45, 7) is 0.949. The maximum atomic E-state index is 12.0. The molecule has 5 nitrogen and oxygen atoms in total. The van der Waals surface area contributed by atoms with Gasteiger partial charge < -0.3 is 16.0 Å². The van der Waals surface area contributed by atoms with Gasteiger partial charge in [0.2, 0.25) is 0 Å². The Morgan fingerprint density at radius 1 is 1.40 bits per heavy atom. The van der Waals surface area contributed by atoms with Gasteiger partial charge in [-0.3, -0.25) is 4.98 Å². The standard InChI is InChI=1S/C15H18N4O/c1-16-8-11-7-14(11)19-15(20)18-13-4-2-3-10-9-17-6-5-12(10)13/h2-6,9,11,14,16H,7-8H2,1H3,(H2,18,19,20)/t11-,14+/m0/s1. The van der Waals surface area contributed by atoms with E-state index in [9.17, 15) is 4.79 Å². The molecule has 2 aromatic rings. The zero-order valence-electron chi connectivity index (χ0n) is 11.4. The second kappa shape index (κ2) is 5.46. The lowest BCUT2D eigenvalue weighted by Crippen LogP contribution is -2.32. The number of carbonyl (C=O) groups excluding carboxylic acids is 1. The zero-order chi connectivity index (χ0) is 13.9. The van der Waals surface area contributed by atoms with Crippen LogP contribution in [0.3, 0.4) is 0 Å². The highest BCUT2D eigenvalue weighted by Crippen LogP contribution is 2.29. The molecule has 1 heterocycles. The Hall–Kier alpha value is -2.14. The summed E-state index contributed by atoms with van der Waals surface area (Å²) >= 11 is 0. The minimum Gasteiger partial charge on any atom is -0.335 e. The van der Waals surface area contributed by atoms with E-state index in [4.69, 9.17) is 0 Å². The summed E-state index contributed by atoms with van der Waals surface area (Å²) in [5, 5.41) is 11.1. The molecule has 1 aliphatic rings. The molecule has 3 N–H and O–H groups in total. The molecule has 0 unspecified atom stereocenters. The minimum atomic E-state index is -0.141. The number of anilines is 1. The van der Waals surface area contributed by atoms with Crippen molar-refractivity contribution >= 4 is 22.5 Å². The molecule has 1 aliphatic carbocycles. The average molecular weight is 270 g/mol. The van der Waals surface area contributed by atoms with E-state index < -0.39 is 0 Å². The van der Waals surface area contributed by atoms with Crippen LogP contribution < -0.4 is 16.0 Å². The molecule has 1 aromatic carbocycles. The third kappa shape index (κ3) is 2.72. The number of benzene rings is 1. The number of carbonyl (C=O) groups is 1. The van der Waals surface area contributed by atoms with E-state index in [2.05, 4.69) is 20.9 Å². The Morgan fingerprint density at radius 3 is 3.15 bits per heavy atom. The molecular formula is C15H18N4O. The minimum absolute atomic E-state index is 0.141. The van der Waals surface area contributed by atoms with Crippen LogP contribution in [0, 0.1) is 5.92 Å². The Bertz CT molecular complexity index is 623. The number of nitrogens with one attached hydrogen (secondary N) is 3. The second-order valence-corrected chi connectivity index (χ2v) is 5.16. The normalized spacial score (nSPS) is 20.6. The first-order valence-corrected chi connectivity index (χ1v) is 6.83. The lowest BCUT2D eigenvalue weighted by Gasteiger charge is -2.09. The van der Waals surface area contributed by atoms with Crippen molar-refractivity contribution in [1.82, 2.24) is 15.6 Å². The highest BCUT2D eigenvalue weighted by atomic mass is 16.2. The maximum Gasteiger partial charge on any atom is 0.319 e. The van der Waals surface area contributed by atoms with Gasteiger partial charge >= 0.3 is 6.03 Å². The third-order valence-electron chi connectivity index (χ3n) is 3.63. The number of aromatic nitrogens is 1. The Labute approximate surface area is 117 Å². The molecule has 2 atom stereocenters. The number of fused-ring (bicyclic) bond motifs is 1. The summed E-state index contributed by atoms with van der Waals surface area (Å²) in [6.07, 6.45) is 4.57. The summed E-state index contributed by atoms with van der Waals surface area (Å²) in [7, 11) is 1.93. The third-order valence-corrected chi connectivity index (χ3v) is 3.63. The highest BCUT2D eigenvalue weighted by molar-refractivity contribution is 6.01. The molecule has 2 amide bonds. The summed E-state index contributed by atoms with van der Waals surface area (Å²) in [5.41, 5.74) is 0.813. The summed E-state index contributed by atoms with van der Waals surface area (Å²) in [4.78, 5) is 16.1. The largest absolute Gasteiger partial charge is 0.335 e.